The smallest absolute Gasteiger partial charge is 0.265 e. The molecule has 2 rings (SSSR count). The van der Waals surface area contributed by atoms with Crippen molar-refractivity contribution in [2.75, 3.05) is 11.9 Å². The fraction of sp³-hybridized carbons (Fsp3) is 0.316. The van der Waals surface area contributed by atoms with Crippen LogP contribution in [0.3, 0.4) is 0 Å². The van der Waals surface area contributed by atoms with Crippen LogP contribution < -0.4 is 14.8 Å². The van der Waals surface area contributed by atoms with E-state index >= 15 is 0 Å². The van der Waals surface area contributed by atoms with E-state index in [0.29, 0.717) is 39.2 Å². The third-order valence-corrected chi connectivity index (χ3v) is 4.14. The van der Waals surface area contributed by atoms with E-state index in [1.807, 2.05) is 18.2 Å². The maximum atomic E-state index is 12.5. The lowest BCUT2D eigenvalue weighted by atomic mass is 10.2. The van der Waals surface area contributed by atoms with Crippen LogP contribution in [0.2, 0.25) is 5.02 Å². The molecule has 0 aliphatic rings. The summed E-state index contributed by atoms with van der Waals surface area (Å²) in [5.74, 6) is 1.33. The van der Waals surface area contributed by atoms with Gasteiger partial charge in [0, 0.05) is 5.02 Å². The van der Waals surface area contributed by atoms with Crippen molar-refractivity contribution in [1.29, 1.82) is 0 Å². The van der Waals surface area contributed by atoms with E-state index in [-0.39, 0.29) is 5.91 Å². The third-order valence-electron chi connectivity index (χ3n) is 3.28. The molecule has 0 aliphatic carbocycles. The van der Waals surface area contributed by atoms with Gasteiger partial charge in [-0.15, -0.1) is 0 Å². The predicted octanol–water partition coefficient (Wildman–Crippen LogP) is 5.54. The molecular formula is C19H21BrClNO3. The molecule has 0 saturated heterocycles. The molecule has 0 bridgehead atoms. The van der Waals surface area contributed by atoms with E-state index in [1.54, 1.807) is 31.2 Å². The van der Waals surface area contributed by atoms with Crippen LogP contribution in [0.15, 0.2) is 46.9 Å². The number of carbonyl (C=O) groups excluding carboxylic acids is 1. The highest BCUT2D eigenvalue weighted by atomic mass is 79.9. The molecule has 4 nitrogen and oxygen atoms in total. The van der Waals surface area contributed by atoms with Gasteiger partial charge in [0.2, 0.25) is 0 Å². The highest BCUT2D eigenvalue weighted by Gasteiger charge is 2.18. The molecule has 25 heavy (non-hydrogen) atoms. The lowest BCUT2D eigenvalue weighted by molar-refractivity contribution is -0.122. The first-order valence-corrected chi connectivity index (χ1v) is 9.18. The lowest BCUT2D eigenvalue weighted by Crippen LogP contribution is -2.30. The summed E-state index contributed by atoms with van der Waals surface area (Å²) in [6.45, 7) is 6.41. The molecule has 2 aromatic carbocycles. The van der Waals surface area contributed by atoms with Gasteiger partial charge in [0.1, 0.15) is 11.5 Å². The Hall–Kier alpha value is -1.72. The molecule has 2 aromatic rings. The second-order valence-electron chi connectivity index (χ2n) is 6.03. The maximum absolute atomic E-state index is 12.5. The normalized spacial score (nSPS) is 11.9. The standard InChI is InChI=1S/C19H21BrClNO3/c1-12(2)11-24-18-7-5-4-6-16(18)22-19(23)13(3)25-17-9-8-14(21)10-15(17)20/h4-10,12-13H,11H2,1-3H3,(H,22,23). The SMILES string of the molecule is CC(C)COc1ccccc1NC(=O)C(C)Oc1ccc(Cl)cc1Br. The van der Waals surface area contributed by atoms with Gasteiger partial charge < -0.3 is 14.8 Å². The van der Waals surface area contributed by atoms with E-state index in [1.165, 1.54) is 0 Å². The zero-order valence-electron chi connectivity index (χ0n) is 14.4. The van der Waals surface area contributed by atoms with Crippen molar-refractivity contribution in [3.8, 4) is 11.5 Å². The topological polar surface area (TPSA) is 47.6 Å². The molecule has 0 aliphatic heterocycles. The fourth-order valence-corrected chi connectivity index (χ4v) is 2.78. The first kappa shape index (κ1) is 19.6. The minimum atomic E-state index is -0.685. The van der Waals surface area contributed by atoms with E-state index in [0.717, 1.165) is 0 Å². The number of nitrogens with one attached hydrogen (secondary N) is 1. The molecule has 1 N–H and O–H groups in total. The zero-order valence-corrected chi connectivity index (χ0v) is 16.7. The van der Waals surface area contributed by atoms with Gasteiger partial charge in [0.15, 0.2) is 6.10 Å². The monoisotopic (exact) mass is 425 g/mol. The van der Waals surface area contributed by atoms with E-state index in [4.69, 9.17) is 21.1 Å². The van der Waals surface area contributed by atoms with Crippen LogP contribution in [0, 0.1) is 5.92 Å². The van der Waals surface area contributed by atoms with Crippen molar-refractivity contribution < 1.29 is 14.3 Å². The van der Waals surface area contributed by atoms with Gasteiger partial charge >= 0.3 is 0 Å². The number of halogens is 2. The molecule has 134 valence electrons. The summed E-state index contributed by atoms with van der Waals surface area (Å²) >= 11 is 9.29. The molecule has 1 amide bonds. The largest absolute Gasteiger partial charge is 0.491 e. The average molecular weight is 427 g/mol. The van der Waals surface area contributed by atoms with Crippen molar-refractivity contribution in [1.82, 2.24) is 0 Å². The minimum absolute atomic E-state index is 0.262. The van der Waals surface area contributed by atoms with E-state index in [2.05, 4.69) is 35.1 Å². The number of anilines is 1. The number of amides is 1. The lowest BCUT2D eigenvalue weighted by Gasteiger charge is -2.18. The van der Waals surface area contributed by atoms with Gasteiger partial charge in [0.05, 0.1) is 16.8 Å². The Labute approximate surface area is 161 Å². The Morgan fingerprint density at radius 3 is 2.56 bits per heavy atom. The van der Waals surface area contributed by atoms with Crippen LogP contribution in [-0.2, 0) is 4.79 Å². The Morgan fingerprint density at radius 2 is 1.88 bits per heavy atom. The summed E-state index contributed by atoms with van der Waals surface area (Å²) in [5, 5.41) is 3.45. The Bertz CT molecular complexity index is 736. The first-order chi connectivity index (χ1) is 11.9. The first-order valence-electron chi connectivity index (χ1n) is 8.01. The minimum Gasteiger partial charge on any atom is -0.491 e. The second-order valence-corrected chi connectivity index (χ2v) is 7.32. The van der Waals surface area contributed by atoms with Crippen molar-refractivity contribution in [3.05, 3.63) is 52.0 Å². The maximum Gasteiger partial charge on any atom is 0.265 e. The van der Waals surface area contributed by atoms with Gasteiger partial charge in [0.25, 0.3) is 5.91 Å². The predicted molar refractivity (Wildman–Crippen MR) is 105 cm³/mol. The van der Waals surface area contributed by atoms with E-state index in [9.17, 15) is 4.79 Å². The van der Waals surface area contributed by atoms with Gasteiger partial charge in [-0.05, 0) is 59.1 Å². The molecule has 0 radical (unpaired) electrons. The molecule has 0 spiro atoms. The number of hydrogen-bond acceptors (Lipinski definition) is 3. The van der Waals surface area contributed by atoms with Gasteiger partial charge in [-0.1, -0.05) is 37.6 Å². The van der Waals surface area contributed by atoms with E-state index < -0.39 is 6.10 Å². The zero-order chi connectivity index (χ0) is 18.4. The summed E-state index contributed by atoms with van der Waals surface area (Å²) in [7, 11) is 0. The van der Waals surface area contributed by atoms with Crippen LogP contribution >= 0.6 is 27.5 Å². The molecule has 6 heteroatoms. The van der Waals surface area contributed by atoms with Crippen LogP contribution in [-0.4, -0.2) is 18.6 Å². The van der Waals surface area contributed by atoms with Crippen LogP contribution in [0.25, 0.3) is 0 Å². The Kier molecular flexibility index (Phi) is 7.14. The molecular weight excluding hydrogens is 406 g/mol. The summed E-state index contributed by atoms with van der Waals surface area (Å²) in [6.07, 6.45) is -0.685. The number of benzene rings is 2. The molecule has 0 heterocycles. The molecule has 1 atom stereocenters. The van der Waals surface area contributed by atoms with Crippen molar-refractivity contribution in [2.45, 2.75) is 26.9 Å². The Morgan fingerprint density at radius 1 is 1.16 bits per heavy atom. The van der Waals surface area contributed by atoms with Gasteiger partial charge in [-0.2, -0.15) is 0 Å². The number of hydrogen-bond donors (Lipinski definition) is 1. The van der Waals surface area contributed by atoms with Crippen LogP contribution in [0.5, 0.6) is 11.5 Å². The Balaban J connectivity index is 2.03. The second kappa shape index (κ2) is 9.11. The average Bonchev–Trinajstić information content (AvgIpc) is 2.56. The van der Waals surface area contributed by atoms with Crippen molar-refractivity contribution in [3.63, 3.8) is 0 Å². The molecule has 0 aromatic heterocycles. The molecule has 0 fully saturated rings. The van der Waals surface area contributed by atoms with Crippen molar-refractivity contribution in [2.24, 2.45) is 5.92 Å². The van der Waals surface area contributed by atoms with Crippen LogP contribution in [0.4, 0.5) is 5.69 Å². The fourth-order valence-electron chi connectivity index (χ4n) is 2.00. The third kappa shape index (κ3) is 5.94. The van der Waals surface area contributed by atoms with Gasteiger partial charge in [-0.25, -0.2) is 0 Å². The van der Waals surface area contributed by atoms with Crippen molar-refractivity contribution >= 4 is 39.1 Å². The van der Waals surface area contributed by atoms with Gasteiger partial charge in [-0.3, -0.25) is 4.79 Å². The highest BCUT2D eigenvalue weighted by molar-refractivity contribution is 9.10. The molecule has 0 saturated carbocycles. The summed E-state index contributed by atoms with van der Waals surface area (Å²) < 4.78 is 12.2. The number of ether oxygens (including phenoxy) is 2. The number of para-hydroxylation sites is 2. The number of carbonyl (C=O) groups is 1. The quantitative estimate of drug-likeness (QED) is 0.632. The summed E-state index contributed by atoms with van der Waals surface area (Å²) in [4.78, 5) is 12.5. The number of rotatable bonds is 7. The summed E-state index contributed by atoms with van der Waals surface area (Å²) in [5.41, 5.74) is 0.624. The van der Waals surface area contributed by atoms with Crippen LogP contribution in [0.1, 0.15) is 20.8 Å². The molecule has 1 unspecified atom stereocenters. The highest BCUT2D eigenvalue weighted by Crippen LogP contribution is 2.29. The summed E-state index contributed by atoms with van der Waals surface area (Å²) in [6, 6.07) is 12.5.